The number of nitrogens with zero attached hydrogens (tertiary/aromatic N) is 2. The summed E-state index contributed by atoms with van der Waals surface area (Å²) in [4.78, 5) is 19.5. The van der Waals surface area contributed by atoms with E-state index in [2.05, 4.69) is 16.0 Å². The second-order valence-electron chi connectivity index (χ2n) is 6.06. The molecule has 1 N–H and O–H groups in total. The van der Waals surface area contributed by atoms with E-state index < -0.39 is 0 Å². The van der Waals surface area contributed by atoms with Gasteiger partial charge in [0.05, 0.1) is 22.5 Å². The van der Waals surface area contributed by atoms with Crippen molar-refractivity contribution >= 4 is 10.9 Å². The standard InChI is InChI=1S/C22H15N3O2/c23-13-15-4-3-5-16(12-15)14-27-18-10-8-17(9-11-18)21-24-20-7-2-1-6-19(20)22(26)25-21/h1-12H,14H2,(H,24,25,26). The van der Waals surface area contributed by atoms with E-state index in [1.54, 1.807) is 18.2 Å². The lowest BCUT2D eigenvalue weighted by atomic mass is 10.1. The van der Waals surface area contributed by atoms with Crippen molar-refractivity contribution < 1.29 is 4.74 Å². The minimum absolute atomic E-state index is 0.159. The maximum Gasteiger partial charge on any atom is 0.259 e. The van der Waals surface area contributed by atoms with Crippen LogP contribution < -0.4 is 10.3 Å². The van der Waals surface area contributed by atoms with Gasteiger partial charge >= 0.3 is 0 Å². The first-order chi connectivity index (χ1) is 13.2. The van der Waals surface area contributed by atoms with Crippen LogP contribution in [0.2, 0.25) is 0 Å². The quantitative estimate of drug-likeness (QED) is 0.600. The minimum Gasteiger partial charge on any atom is -0.489 e. The van der Waals surface area contributed by atoms with E-state index >= 15 is 0 Å². The number of H-pyrrole nitrogens is 1. The van der Waals surface area contributed by atoms with Gasteiger partial charge in [0.15, 0.2) is 0 Å². The summed E-state index contributed by atoms with van der Waals surface area (Å²) in [6, 6.07) is 24.1. The summed E-state index contributed by atoms with van der Waals surface area (Å²) in [5.41, 5.74) is 2.84. The van der Waals surface area contributed by atoms with Crippen molar-refractivity contribution in [2.75, 3.05) is 0 Å². The summed E-state index contributed by atoms with van der Waals surface area (Å²) >= 11 is 0. The van der Waals surface area contributed by atoms with Gasteiger partial charge in [0.1, 0.15) is 18.2 Å². The van der Waals surface area contributed by atoms with Gasteiger partial charge in [0.25, 0.3) is 5.56 Å². The average Bonchev–Trinajstić information content (AvgIpc) is 2.73. The molecule has 0 atom stereocenters. The number of hydrogen-bond acceptors (Lipinski definition) is 4. The van der Waals surface area contributed by atoms with Gasteiger partial charge in [-0.1, -0.05) is 24.3 Å². The summed E-state index contributed by atoms with van der Waals surface area (Å²) in [6.45, 7) is 0.375. The van der Waals surface area contributed by atoms with E-state index in [-0.39, 0.29) is 5.56 Å². The highest BCUT2D eigenvalue weighted by molar-refractivity contribution is 5.79. The summed E-state index contributed by atoms with van der Waals surface area (Å²) in [6.07, 6.45) is 0. The van der Waals surface area contributed by atoms with E-state index in [0.29, 0.717) is 34.6 Å². The van der Waals surface area contributed by atoms with E-state index in [4.69, 9.17) is 10.00 Å². The Kier molecular flexibility index (Phi) is 4.38. The molecule has 0 aliphatic rings. The lowest BCUT2D eigenvalue weighted by Crippen LogP contribution is -2.09. The molecule has 0 saturated carbocycles. The van der Waals surface area contributed by atoms with Crippen LogP contribution in [0.3, 0.4) is 0 Å². The van der Waals surface area contributed by atoms with Crippen LogP contribution in [-0.2, 0) is 6.61 Å². The molecular weight excluding hydrogens is 338 g/mol. The van der Waals surface area contributed by atoms with Crippen LogP contribution in [0.25, 0.3) is 22.3 Å². The van der Waals surface area contributed by atoms with Crippen LogP contribution in [0.15, 0.2) is 77.6 Å². The van der Waals surface area contributed by atoms with Gasteiger partial charge in [0, 0.05) is 5.56 Å². The molecule has 4 aromatic rings. The van der Waals surface area contributed by atoms with E-state index in [9.17, 15) is 4.79 Å². The molecule has 0 saturated heterocycles. The number of ether oxygens (including phenoxy) is 1. The first kappa shape index (κ1) is 16.6. The molecule has 0 radical (unpaired) electrons. The van der Waals surface area contributed by atoms with Crippen molar-refractivity contribution in [1.29, 1.82) is 5.26 Å². The number of rotatable bonds is 4. The van der Waals surface area contributed by atoms with E-state index in [0.717, 1.165) is 11.1 Å². The summed E-state index contributed by atoms with van der Waals surface area (Å²) in [5.74, 6) is 1.22. The van der Waals surface area contributed by atoms with Gasteiger partial charge < -0.3 is 9.72 Å². The summed E-state index contributed by atoms with van der Waals surface area (Å²) < 4.78 is 5.77. The van der Waals surface area contributed by atoms with Crippen LogP contribution >= 0.6 is 0 Å². The highest BCUT2D eigenvalue weighted by Gasteiger charge is 2.06. The molecule has 1 aromatic heterocycles. The molecular formula is C22H15N3O2. The van der Waals surface area contributed by atoms with Crippen molar-refractivity contribution in [2.24, 2.45) is 0 Å². The summed E-state index contributed by atoms with van der Waals surface area (Å²) in [5, 5.41) is 9.52. The number of aromatic amines is 1. The van der Waals surface area contributed by atoms with Crippen molar-refractivity contribution in [2.45, 2.75) is 6.61 Å². The van der Waals surface area contributed by atoms with Crippen LogP contribution in [0.4, 0.5) is 0 Å². The third-order valence-electron chi connectivity index (χ3n) is 4.20. The number of benzene rings is 3. The SMILES string of the molecule is N#Cc1cccc(COc2ccc(-c3nc4ccccc4c(=O)[nH]3)cc2)c1. The zero-order chi connectivity index (χ0) is 18.6. The van der Waals surface area contributed by atoms with Gasteiger partial charge in [0.2, 0.25) is 0 Å². The third kappa shape index (κ3) is 3.55. The molecule has 4 rings (SSSR count). The molecule has 3 aromatic carbocycles. The van der Waals surface area contributed by atoms with Gasteiger partial charge in [-0.3, -0.25) is 4.79 Å². The van der Waals surface area contributed by atoms with Crippen LogP contribution in [0.5, 0.6) is 5.75 Å². The zero-order valence-corrected chi connectivity index (χ0v) is 14.3. The number of aromatic nitrogens is 2. The lowest BCUT2D eigenvalue weighted by molar-refractivity contribution is 0.306. The minimum atomic E-state index is -0.159. The molecule has 5 heteroatoms. The van der Waals surface area contributed by atoms with E-state index in [1.165, 1.54) is 0 Å². The van der Waals surface area contributed by atoms with Gasteiger partial charge in [-0.2, -0.15) is 5.26 Å². The number of nitrogens with one attached hydrogen (secondary N) is 1. The van der Waals surface area contributed by atoms with Crippen LogP contribution in [0.1, 0.15) is 11.1 Å². The van der Waals surface area contributed by atoms with Gasteiger partial charge in [-0.25, -0.2) is 4.98 Å². The van der Waals surface area contributed by atoms with Crippen LogP contribution in [0, 0.1) is 11.3 Å². The second-order valence-corrected chi connectivity index (χ2v) is 6.06. The molecule has 0 bridgehead atoms. The largest absolute Gasteiger partial charge is 0.489 e. The van der Waals surface area contributed by atoms with Crippen molar-refractivity contribution in [3.8, 4) is 23.2 Å². The number of hydrogen-bond donors (Lipinski definition) is 1. The Bertz CT molecular complexity index is 1200. The van der Waals surface area contributed by atoms with Crippen molar-refractivity contribution in [1.82, 2.24) is 9.97 Å². The Balaban J connectivity index is 1.54. The van der Waals surface area contributed by atoms with Gasteiger partial charge in [-0.05, 0) is 54.1 Å². The van der Waals surface area contributed by atoms with E-state index in [1.807, 2.05) is 54.6 Å². The lowest BCUT2D eigenvalue weighted by Gasteiger charge is -2.08. The number of fused-ring (bicyclic) bond motifs is 1. The molecule has 5 nitrogen and oxygen atoms in total. The Labute approximate surface area is 155 Å². The maximum absolute atomic E-state index is 12.2. The molecule has 0 amide bonds. The molecule has 27 heavy (non-hydrogen) atoms. The number of nitriles is 1. The Hall–Kier alpha value is -3.91. The van der Waals surface area contributed by atoms with Crippen LogP contribution in [-0.4, -0.2) is 9.97 Å². The monoisotopic (exact) mass is 353 g/mol. The highest BCUT2D eigenvalue weighted by atomic mass is 16.5. The average molecular weight is 353 g/mol. The predicted molar refractivity (Wildman–Crippen MR) is 103 cm³/mol. The van der Waals surface area contributed by atoms with Crippen molar-refractivity contribution in [3.63, 3.8) is 0 Å². The Morgan fingerprint density at radius 1 is 1.00 bits per heavy atom. The maximum atomic E-state index is 12.2. The summed E-state index contributed by atoms with van der Waals surface area (Å²) in [7, 11) is 0. The Morgan fingerprint density at radius 2 is 1.81 bits per heavy atom. The first-order valence-electron chi connectivity index (χ1n) is 8.44. The first-order valence-corrected chi connectivity index (χ1v) is 8.44. The molecule has 0 unspecified atom stereocenters. The molecule has 0 aliphatic heterocycles. The second kappa shape index (κ2) is 7.14. The fraction of sp³-hybridized carbons (Fsp3) is 0.0455. The molecule has 130 valence electrons. The normalized spacial score (nSPS) is 10.5. The molecule has 1 heterocycles. The predicted octanol–water partition coefficient (Wildman–Crippen LogP) is 4.04. The molecule has 0 fully saturated rings. The zero-order valence-electron chi connectivity index (χ0n) is 14.3. The number of para-hydroxylation sites is 1. The Morgan fingerprint density at radius 3 is 2.63 bits per heavy atom. The molecule has 0 aliphatic carbocycles. The highest BCUT2D eigenvalue weighted by Crippen LogP contribution is 2.21. The fourth-order valence-electron chi connectivity index (χ4n) is 2.83. The topological polar surface area (TPSA) is 78.8 Å². The molecule has 0 spiro atoms. The third-order valence-corrected chi connectivity index (χ3v) is 4.20. The smallest absolute Gasteiger partial charge is 0.259 e. The van der Waals surface area contributed by atoms with Crippen molar-refractivity contribution in [3.05, 3.63) is 94.3 Å². The van der Waals surface area contributed by atoms with Gasteiger partial charge in [-0.15, -0.1) is 0 Å². The fourth-order valence-corrected chi connectivity index (χ4v) is 2.83.